The van der Waals surface area contributed by atoms with Gasteiger partial charge >= 0.3 is 24.5 Å². The fourth-order valence-corrected chi connectivity index (χ4v) is 13.1. The molecule has 2 bridgehead atoms. The Morgan fingerprint density at radius 2 is 1.26 bits per heavy atom. The zero-order chi connectivity index (χ0) is 45.3. The van der Waals surface area contributed by atoms with Gasteiger partial charge in [-0.15, -0.1) is 0 Å². The Morgan fingerprint density at radius 1 is 0.741 bits per heavy atom. The molecule has 1 aliphatic heterocycles. The highest BCUT2D eigenvalue weighted by atomic mass is 19.4. The quantitative estimate of drug-likeness (QED) is 0.145. The molecule has 0 N–H and O–H groups in total. The Kier molecular flexibility index (Phi) is 12.2. The summed E-state index contributed by atoms with van der Waals surface area (Å²) in [5.74, 6) is -8.44. The molecule has 3 aliphatic carbocycles. The minimum atomic E-state index is -5.13. The molecule has 0 aromatic carbocycles. The second kappa shape index (κ2) is 14.4. The molecular weight excluding hydrogens is 782 g/mol. The number of hydrogen-bond donors (Lipinski definition) is 0. The fraction of sp³-hybridized carbons (Fsp3) is 0.977. The lowest BCUT2D eigenvalue weighted by Crippen LogP contribution is -2.60. The van der Waals surface area contributed by atoms with Crippen molar-refractivity contribution in [3.63, 3.8) is 0 Å². The zero-order valence-corrected chi connectivity index (χ0v) is 37.5. The number of rotatable bonds is 12. The summed E-state index contributed by atoms with van der Waals surface area (Å²) in [7, 11) is 0. The van der Waals surface area contributed by atoms with Crippen LogP contribution in [0.5, 0.6) is 0 Å². The Balaban J connectivity index is 1.64. The number of carbonyl (C=O) groups is 1. The molecule has 4 fully saturated rings. The van der Waals surface area contributed by atoms with Gasteiger partial charge in [-0.25, -0.2) is 0 Å². The highest BCUT2D eigenvalue weighted by molar-refractivity contribution is 5.81. The van der Waals surface area contributed by atoms with Gasteiger partial charge in [-0.1, -0.05) is 104 Å². The van der Waals surface area contributed by atoms with Gasteiger partial charge in [0.25, 0.3) is 0 Å². The molecule has 0 aromatic rings. The maximum absolute atomic E-state index is 15.3. The summed E-state index contributed by atoms with van der Waals surface area (Å²) in [5.41, 5.74) is -9.88. The van der Waals surface area contributed by atoms with Gasteiger partial charge in [0.15, 0.2) is 17.8 Å². The first kappa shape index (κ1) is 49.3. The van der Waals surface area contributed by atoms with Crippen molar-refractivity contribution < 1.29 is 62.9 Å². The van der Waals surface area contributed by atoms with Crippen LogP contribution >= 0.6 is 0 Å². The highest BCUT2D eigenvalue weighted by Gasteiger charge is 2.93. The van der Waals surface area contributed by atoms with E-state index in [0.29, 0.717) is 6.42 Å². The summed E-state index contributed by atoms with van der Waals surface area (Å²) in [4.78, 5) is 13.4. The van der Waals surface area contributed by atoms with E-state index in [1.807, 2.05) is 69.2 Å². The first-order chi connectivity index (χ1) is 25.5. The average molecular weight is 853 g/mol. The van der Waals surface area contributed by atoms with Crippen LogP contribution < -0.4 is 0 Å². The second-order valence-electron chi connectivity index (χ2n) is 24.0. The van der Waals surface area contributed by atoms with Gasteiger partial charge in [0, 0.05) is 17.8 Å². The lowest BCUT2D eigenvalue weighted by Gasteiger charge is -2.56. The van der Waals surface area contributed by atoms with Crippen LogP contribution in [0.25, 0.3) is 0 Å². The summed E-state index contributed by atoms with van der Waals surface area (Å²) in [6.45, 7) is 25.5. The smallest absolute Gasteiger partial charge is 0.422 e. The molecule has 0 amide bonds. The van der Waals surface area contributed by atoms with Gasteiger partial charge in [0.1, 0.15) is 0 Å². The topological polar surface area (TPSA) is 44.8 Å². The predicted octanol–water partition coefficient (Wildman–Crippen LogP) is 13.6. The van der Waals surface area contributed by atoms with Crippen LogP contribution in [0.4, 0.5) is 43.9 Å². The second-order valence-corrected chi connectivity index (χ2v) is 24.0. The molecule has 0 spiro atoms. The Hall–Kier alpha value is -1.31. The van der Waals surface area contributed by atoms with E-state index in [0.717, 1.165) is 0 Å². The van der Waals surface area contributed by atoms with Crippen LogP contribution in [0.15, 0.2) is 0 Å². The van der Waals surface area contributed by atoms with Crippen molar-refractivity contribution in [2.75, 3.05) is 13.3 Å². The van der Waals surface area contributed by atoms with E-state index in [2.05, 4.69) is 4.74 Å². The summed E-state index contributed by atoms with van der Waals surface area (Å²) in [6.07, 6.45) is -15.9. The maximum Gasteiger partial charge on any atom is 0.422 e. The predicted molar refractivity (Wildman–Crippen MR) is 202 cm³/mol. The van der Waals surface area contributed by atoms with E-state index < -0.39 is 135 Å². The molecule has 4 nitrogen and oxygen atoms in total. The van der Waals surface area contributed by atoms with E-state index in [1.54, 1.807) is 41.5 Å². The largest absolute Gasteiger partial charge is 0.455 e. The monoisotopic (exact) mass is 853 g/mol. The van der Waals surface area contributed by atoms with Crippen LogP contribution in [-0.2, 0) is 19.0 Å². The number of carbonyl (C=O) groups excluding carboxylic acids is 1. The number of esters is 1. The molecule has 11 unspecified atom stereocenters. The van der Waals surface area contributed by atoms with E-state index in [1.165, 1.54) is 0 Å². The van der Waals surface area contributed by atoms with Crippen molar-refractivity contribution in [3.05, 3.63) is 0 Å². The first-order valence-electron chi connectivity index (χ1n) is 20.8. The SMILES string of the molecule is CC1(CCC(C)(C)C2C3CC(C(=O)OCC(F)(F)F)(C(F)(F)F)C4(CC34)C2C(C)(C)C)OC(C(C)(C)C)C(C(C)(C)CC(C)(C)C(C(CF)C(C)(C)C)C(F)(F)F)O1. The van der Waals surface area contributed by atoms with Crippen molar-refractivity contribution in [2.45, 2.75) is 179 Å². The van der Waals surface area contributed by atoms with E-state index in [-0.39, 0.29) is 25.2 Å². The zero-order valence-electron chi connectivity index (χ0n) is 37.5. The van der Waals surface area contributed by atoms with Crippen LogP contribution in [0, 0.1) is 78.8 Å². The third-order valence-corrected chi connectivity index (χ3v) is 15.0. The van der Waals surface area contributed by atoms with Crippen molar-refractivity contribution >= 4 is 5.97 Å². The Bertz CT molecular complexity index is 1510. The number of halogens is 10. The molecule has 4 aliphatic rings. The van der Waals surface area contributed by atoms with Gasteiger partial charge in [-0.05, 0) is 88.8 Å². The molecule has 1 saturated heterocycles. The Labute approximate surface area is 340 Å². The molecule has 1 heterocycles. The average Bonchev–Trinajstić information content (AvgIpc) is 3.31. The molecule has 0 radical (unpaired) electrons. The molecule has 11 atom stereocenters. The van der Waals surface area contributed by atoms with Gasteiger partial charge in [-0.3, -0.25) is 9.18 Å². The molecule has 14 heteroatoms. The van der Waals surface area contributed by atoms with Crippen molar-refractivity contribution in [1.82, 2.24) is 0 Å². The van der Waals surface area contributed by atoms with E-state index >= 15 is 13.2 Å². The van der Waals surface area contributed by atoms with Gasteiger partial charge in [0.2, 0.25) is 0 Å². The highest BCUT2D eigenvalue weighted by Crippen LogP contribution is 2.91. The van der Waals surface area contributed by atoms with Gasteiger partial charge in [-0.2, -0.15) is 39.5 Å². The molecule has 3 saturated carbocycles. The van der Waals surface area contributed by atoms with E-state index in [9.17, 15) is 35.5 Å². The third kappa shape index (κ3) is 8.56. The number of hydrogen-bond acceptors (Lipinski definition) is 4. The minimum Gasteiger partial charge on any atom is -0.455 e. The summed E-state index contributed by atoms with van der Waals surface area (Å²) in [5, 5.41) is 0. The lowest BCUT2D eigenvalue weighted by atomic mass is 9.48. The van der Waals surface area contributed by atoms with Crippen LogP contribution in [0.1, 0.15) is 143 Å². The summed E-state index contributed by atoms with van der Waals surface area (Å²) < 4.78 is 163. The summed E-state index contributed by atoms with van der Waals surface area (Å²) >= 11 is 0. The van der Waals surface area contributed by atoms with E-state index in [4.69, 9.17) is 9.47 Å². The normalized spacial score (nSPS) is 34.9. The number of alkyl halides is 10. The fourth-order valence-electron chi connectivity index (χ4n) is 13.1. The van der Waals surface area contributed by atoms with Gasteiger partial charge in [0.05, 0.1) is 24.8 Å². The third-order valence-electron chi connectivity index (χ3n) is 15.0. The molecular formula is C44H70F10O4. The van der Waals surface area contributed by atoms with Crippen LogP contribution in [0.3, 0.4) is 0 Å². The number of ether oxygens (including phenoxy) is 3. The van der Waals surface area contributed by atoms with Crippen LogP contribution in [0.2, 0.25) is 0 Å². The molecule has 0 aromatic heterocycles. The lowest BCUT2D eigenvalue weighted by molar-refractivity contribution is -0.280. The van der Waals surface area contributed by atoms with Crippen molar-refractivity contribution in [1.29, 1.82) is 0 Å². The minimum absolute atomic E-state index is 0.0335. The molecule has 58 heavy (non-hydrogen) atoms. The summed E-state index contributed by atoms with van der Waals surface area (Å²) in [6, 6.07) is 0. The first-order valence-corrected chi connectivity index (χ1v) is 20.8. The van der Waals surface area contributed by atoms with Crippen molar-refractivity contribution in [3.8, 4) is 0 Å². The Morgan fingerprint density at radius 3 is 1.67 bits per heavy atom. The molecule has 340 valence electrons. The van der Waals surface area contributed by atoms with Crippen LogP contribution in [-0.4, -0.2) is 55.8 Å². The molecule has 4 rings (SSSR count). The van der Waals surface area contributed by atoms with Gasteiger partial charge < -0.3 is 14.2 Å². The van der Waals surface area contributed by atoms with Crippen molar-refractivity contribution in [2.24, 2.45) is 78.8 Å². The maximum atomic E-state index is 15.3. The standard InChI is InChI=1S/C44H70F10O4/c1-33(2,3)26(21-45)28(43(49,50)51)37(12,13)22-38(14,15)31-30(35(7,8)9)57-39(16,58-31)18-17-36(10,11)27-24-19-41(44(52,53)54,32(55)56-23-42(46,47)48)40(20-25(24)40)29(27)34(4,5)6/h24-31H,17-23H2,1-16H3.